The van der Waals surface area contributed by atoms with Crippen molar-refractivity contribution in [1.82, 2.24) is 0 Å². The van der Waals surface area contributed by atoms with Crippen molar-refractivity contribution >= 4 is 11.9 Å². The minimum absolute atomic E-state index is 0.0163. The zero-order chi connectivity index (χ0) is 22.9. The van der Waals surface area contributed by atoms with Gasteiger partial charge in [-0.15, -0.1) is 0 Å². The Hall–Kier alpha value is -1.43. The summed E-state index contributed by atoms with van der Waals surface area (Å²) in [6, 6.07) is -0.0491. The topological polar surface area (TPSA) is 45.0 Å². The van der Waals surface area contributed by atoms with Gasteiger partial charge in [-0.05, 0) is 70.4 Å². The molecule has 1 aliphatic heterocycles. The summed E-state index contributed by atoms with van der Waals surface area (Å²) in [6.45, 7) is 10.5. The van der Waals surface area contributed by atoms with E-state index in [4.69, 9.17) is 0 Å². The van der Waals surface area contributed by atoms with Gasteiger partial charge in [-0.2, -0.15) is 13.2 Å². The molecule has 0 bridgehead atoms. The van der Waals surface area contributed by atoms with Crippen molar-refractivity contribution in [3.05, 3.63) is 22.9 Å². The summed E-state index contributed by atoms with van der Waals surface area (Å²) in [5, 5.41) is 9.43. The predicted molar refractivity (Wildman–Crippen MR) is 120 cm³/mol. The number of aliphatic hydroxyl groups excluding tert-OH is 1. The quantitative estimate of drug-likeness (QED) is 0.310. The molecule has 0 saturated carbocycles. The third-order valence-corrected chi connectivity index (χ3v) is 6.70. The van der Waals surface area contributed by atoms with Crippen LogP contribution >= 0.6 is 0 Å². The second-order valence-electron chi connectivity index (χ2n) is 8.68. The van der Waals surface area contributed by atoms with E-state index in [-0.39, 0.29) is 30.6 Å². The van der Waals surface area contributed by atoms with Gasteiger partial charge in [-0.1, -0.05) is 32.8 Å². The highest BCUT2D eigenvalue weighted by molar-refractivity contribution is 5.96. The Morgan fingerprint density at radius 2 is 1.93 bits per heavy atom. The number of rotatable bonds is 9. The first-order chi connectivity index (χ1) is 14.0. The molecule has 30 heavy (non-hydrogen) atoms. The van der Waals surface area contributed by atoms with Crippen molar-refractivity contribution in [3.63, 3.8) is 0 Å². The van der Waals surface area contributed by atoms with Crippen molar-refractivity contribution < 1.29 is 18.3 Å². The summed E-state index contributed by atoms with van der Waals surface area (Å²) in [7, 11) is 0. The van der Waals surface area contributed by atoms with Crippen LogP contribution < -0.4 is 0 Å². The molecular formula is C24H39F3N2O. The maximum atomic E-state index is 13.7. The average molecular weight is 429 g/mol. The lowest BCUT2D eigenvalue weighted by molar-refractivity contribution is -0.204. The Morgan fingerprint density at radius 1 is 1.27 bits per heavy atom. The van der Waals surface area contributed by atoms with Crippen LogP contribution in [-0.2, 0) is 0 Å². The van der Waals surface area contributed by atoms with Crippen LogP contribution in [0.15, 0.2) is 32.9 Å². The van der Waals surface area contributed by atoms with Crippen LogP contribution in [0.1, 0.15) is 86.5 Å². The molecule has 6 heteroatoms. The van der Waals surface area contributed by atoms with E-state index in [9.17, 15) is 18.3 Å². The highest BCUT2D eigenvalue weighted by atomic mass is 19.4. The minimum atomic E-state index is -4.31. The first kappa shape index (κ1) is 26.6. The fourth-order valence-corrected chi connectivity index (χ4v) is 3.51. The maximum Gasteiger partial charge on any atom is 0.397 e. The van der Waals surface area contributed by atoms with Crippen molar-refractivity contribution in [2.75, 3.05) is 6.61 Å². The largest absolute Gasteiger partial charge is 0.397 e. The summed E-state index contributed by atoms with van der Waals surface area (Å²) in [4.78, 5) is 9.23. The predicted octanol–water partition coefficient (Wildman–Crippen LogP) is 7.07. The van der Waals surface area contributed by atoms with E-state index in [1.165, 1.54) is 6.92 Å². The van der Waals surface area contributed by atoms with E-state index in [1.54, 1.807) is 26.1 Å². The standard InChI is InChI=1S/C24H39F3N2O/c1-7-17(3)19(5)22(15-18(4)23(6,8-2)24(25,26)27)28-14-13-20-11-9-10-12-21(16-30)29-20/h14-15,17,21,30H,7-13,16H2,1-6H3/b18-15+,22-19+,28-14?. The van der Waals surface area contributed by atoms with Crippen LogP contribution in [0.3, 0.4) is 0 Å². The smallest absolute Gasteiger partial charge is 0.394 e. The fraction of sp³-hybridized carbons (Fsp3) is 0.750. The molecule has 3 atom stereocenters. The van der Waals surface area contributed by atoms with Gasteiger partial charge in [0, 0.05) is 18.3 Å². The number of allylic oxidation sites excluding steroid dienone is 3. The van der Waals surface area contributed by atoms with Crippen molar-refractivity contribution in [2.24, 2.45) is 21.3 Å². The van der Waals surface area contributed by atoms with E-state index in [1.807, 2.05) is 6.92 Å². The molecule has 0 radical (unpaired) electrons. The van der Waals surface area contributed by atoms with Gasteiger partial charge in [0.2, 0.25) is 0 Å². The van der Waals surface area contributed by atoms with Gasteiger partial charge in [0.25, 0.3) is 0 Å². The average Bonchev–Trinajstić information content (AvgIpc) is 2.95. The van der Waals surface area contributed by atoms with Gasteiger partial charge in [-0.3, -0.25) is 9.98 Å². The SMILES string of the molecule is CCC(C)/C(C)=C(\C=C(/C)C(C)(CC)C(F)(F)F)N=CCC1=NC(CO)CCCC1. The van der Waals surface area contributed by atoms with Gasteiger partial charge in [0.1, 0.15) is 0 Å². The molecule has 1 aliphatic rings. The molecular weight excluding hydrogens is 389 g/mol. The molecule has 3 nitrogen and oxygen atoms in total. The zero-order valence-corrected chi connectivity index (χ0v) is 19.4. The minimum Gasteiger partial charge on any atom is -0.394 e. The number of hydrogen-bond donors (Lipinski definition) is 1. The molecule has 0 aliphatic carbocycles. The number of aliphatic hydroxyl groups is 1. The zero-order valence-electron chi connectivity index (χ0n) is 19.4. The molecule has 0 amide bonds. The molecule has 0 saturated heterocycles. The highest BCUT2D eigenvalue weighted by Crippen LogP contribution is 2.46. The van der Waals surface area contributed by atoms with Gasteiger partial charge >= 0.3 is 6.18 Å². The van der Waals surface area contributed by atoms with Crippen LogP contribution in [-0.4, -0.2) is 35.9 Å². The molecule has 172 valence electrons. The normalized spacial score (nSPS) is 22.9. The molecule has 0 aromatic rings. The molecule has 0 aromatic carbocycles. The van der Waals surface area contributed by atoms with Crippen LogP contribution in [0.25, 0.3) is 0 Å². The lowest BCUT2D eigenvalue weighted by Crippen LogP contribution is -2.35. The van der Waals surface area contributed by atoms with Gasteiger partial charge in [0.05, 0.1) is 23.8 Å². The van der Waals surface area contributed by atoms with E-state index in [2.05, 4.69) is 23.8 Å². The maximum absolute atomic E-state index is 13.7. The van der Waals surface area contributed by atoms with Crippen molar-refractivity contribution in [2.45, 2.75) is 98.7 Å². The molecule has 1 N–H and O–H groups in total. The lowest BCUT2D eigenvalue weighted by atomic mass is 9.79. The molecule has 1 heterocycles. The molecule has 0 fully saturated rings. The first-order valence-electron chi connectivity index (χ1n) is 11.1. The number of hydrogen-bond acceptors (Lipinski definition) is 3. The Labute approximate surface area is 180 Å². The fourth-order valence-electron chi connectivity index (χ4n) is 3.51. The highest BCUT2D eigenvalue weighted by Gasteiger charge is 2.50. The van der Waals surface area contributed by atoms with Crippen LogP contribution in [0.5, 0.6) is 0 Å². The Morgan fingerprint density at radius 3 is 2.47 bits per heavy atom. The molecule has 0 aromatic heterocycles. The van der Waals surface area contributed by atoms with Gasteiger partial charge in [0.15, 0.2) is 0 Å². The van der Waals surface area contributed by atoms with Crippen LogP contribution in [0.2, 0.25) is 0 Å². The number of nitrogens with zero attached hydrogens (tertiary/aromatic N) is 2. The first-order valence-corrected chi connectivity index (χ1v) is 11.1. The van der Waals surface area contributed by atoms with Crippen molar-refractivity contribution in [1.29, 1.82) is 0 Å². The van der Waals surface area contributed by atoms with E-state index >= 15 is 0 Å². The van der Waals surface area contributed by atoms with Gasteiger partial charge < -0.3 is 5.11 Å². The Kier molecular flexibility index (Phi) is 10.5. The van der Waals surface area contributed by atoms with Crippen molar-refractivity contribution in [3.8, 4) is 0 Å². The Bertz CT molecular complexity index is 676. The van der Waals surface area contributed by atoms with E-state index in [0.29, 0.717) is 12.1 Å². The second kappa shape index (κ2) is 11.8. The third kappa shape index (κ3) is 7.07. The Balaban J connectivity index is 3.22. The van der Waals surface area contributed by atoms with Crippen LogP contribution in [0, 0.1) is 11.3 Å². The van der Waals surface area contributed by atoms with E-state index < -0.39 is 11.6 Å². The van der Waals surface area contributed by atoms with E-state index in [0.717, 1.165) is 43.4 Å². The molecule has 3 unspecified atom stereocenters. The summed E-state index contributed by atoms with van der Waals surface area (Å²) in [5.41, 5.74) is 1.01. The summed E-state index contributed by atoms with van der Waals surface area (Å²) in [5.74, 6) is 0.231. The third-order valence-electron chi connectivity index (χ3n) is 6.70. The monoisotopic (exact) mass is 428 g/mol. The number of alkyl halides is 3. The van der Waals surface area contributed by atoms with Gasteiger partial charge in [-0.25, -0.2) is 0 Å². The molecule has 1 rings (SSSR count). The molecule has 0 spiro atoms. The summed E-state index contributed by atoms with van der Waals surface area (Å²) >= 11 is 0. The van der Waals surface area contributed by atoms with Crippen LogP contribution in [0.4, 0.5) is 13.2 Å². The second-order valence-corrected chi connectivity index (χ2v) is 8.68. The number of aliphatic imine (C=N–C) groups is 2. The summed E-state index contributed by atoms with van der Waals surface area (Å²) in [6.07, 6.45) is 4.36. The lowest BCUT2D eigenvalue weighted by Gasteiger charge is -2.32. The summed E-state index contributed by atoms with van der Waals surface area (Å²) < 4.78 is 41.1. The number of halogens is 3.